The Bertz CT molecular complexity index is 1180. The van der Waals surface area contributed by atoms with Crippen molar-refractivity contribution in [3.63, 3.8) is 0 Å². The van der Waals surface area contributed by atoms with Crippen LogP contribution in [0.25, 0.3) is 27.9 Å². The van der Waals surface area contributed by atoms with Crippen molar-refractivity contribution < 1.29 is 9.53 Å². The Labute approximate surface area is 197 Å². The minimum absolute atomic E-state index is 0.698. The summed E-state index contributed by atoms with van der Waals surface area (Å²) in [6.07, 6.45) is 10.5. The zero-order chi connectivity index (χ0) is 23.0. The van der Waals surface area contributed by atoms with E-state index in [0.717, 1.165) is 53.1 Å². The number of rotatable bonds is 7. The first-order valence-corrected chi connectivity index (χ1v) is 12.1. The maximum atomic E-state index is 11.0. The maximum Gasteiger partial charge on any atom is 0.162 e. The van der Waals surface area contributed by atoms with Crippen LogP contribution in [0.2, 0.25) is 0 Å². The fourth-order valence-corrected chi connectivity index (χ4v) is 4.71. The number of thiophene rings is 1. The molecule has 0 radical (unpaired) electrons. The van der Waals surface area contributed by atoms with Crippen LogP contribution in [0.3, 0.4) is 0 Å². The largest absolute Gasteiger partial charge is 0.492 e. The molecule has 7 nitrogen and oxygen atoms in total. The van der Waals surface area contributed by atoms with Gasteiger partial charge in [-0.1, -0.05) is 18.6 Å². The third-order valence-electron chi connectivity index (χ3n) is 5.72. The summed E-state index contributed by atoms with van der Waals surface area (Å²) in [5.41, 5.74) is 9.22. The predicted octanol–water partition coefficient (Wildman–Crippen LogP) is 4.38. The average Bonchev–Trinajstić information content (AvgIpc) is 3.53. The second-order valence-corrected chi connectivity index (χ2v) is 8.74. The molecular formula is C25H29N5O2S. The Balaban J connectivity index is 0.00000126. The van der Waals surface area contributed by atoms with E-state index in [1.54, 1.807) is 10.7 Å². The molecule has 2 N–H and O–H groups in total. The van der Waals surface area contributed by atoms with Crippen LogP contribution in [0.15, 0.2) is 54.3 Å². The lowest BCUT2D eigenvalue weighted by molar-refractivity contribution is 0.112. The maximum absolute atomic E-state index is 11.0. The minimum atomic E-state index is 0.698. The van der Waals surface area contributed by atoms with Gasteiger partial charge in [0.1, 0.15) is 12.4 Å². The summed E-state index contributed by atoms with van der Waals surface area (Å²) in [6, 6.07) is 10.00. The number of likely N-dealkylation sites (tertiary alicyclic amines) is 1. The molecule has 33 heavy (non-hydrogen) atoms. The number of nitrogens with two attached hydrogens (primary N) is 1. The molecule has 4 heterocycles. The topological polar surface area (TPSA) is 85.8 Å². The first kappa shape index (κ1) is 23.1. The van der Waals surface area contributed by atoms with Gasteiger partial charge in [0.15, 0.2) is 11.9 Å². The molecule has 4 aromatic rings. The monoisotopic (exact) mass is 463 g/mol. The Morgan fingerprint density at radius 2 is 1.85 bits per heavy atom. The number of nitrogens with zero attached hydrogens (tertiary/aromatic N) is 4. The van der Waals surface area contributed by atoms with Crippen molar-refractivity contribution >= 4 is 23.3 Å². The van der Waals surface area contributed by atoms with Crippen LogP contribution in [-0.4, -0.2) is 59.1 Å². The molecule has 1 aliphatic rings. The van der Waals surface area contributed by atoms with Gasteiger partial charge in [-0.2, -0.15) is 5.10 Å². The lowest BCUT2D eigenvalue weighted by Crippen LogP contribution is -2.33. The molecule has 0 saturated carbocycles. The summed E-state index contributed by atoms with van der Waals surface area (Å²) in [5, 5.41) is 6.42. The SMILES string of the molecule is CN.O=Cc1cc(-c2cnn3cc(-c4ccc(OCCN5CCCCC5)cc4)cnc23)cs1. The van der Waals surface area contributed by atoms with Gasteiger partial charge in [-0.3, -0.25) is 9.69 Å². The molecule has 5 rings (SSSR count). The highest BCUT2D eigenvalue weighted by Crippen LogP contribution is 2.29. The molecule has 1 aliphatic heterocycles. The number of benzene rings is 1. The van der Waals surface area contributed by atoms with Crippen molar-refractivity contribution in [1.82, 2.24) is 19.5 Å². The standard InChI is InChI=1S/C24H24N4O2S.CH5N/c29-16-22-12-19(17-31-22)23-14-26-28-15-20(13-25-24(23)28)18-4-6-21(7-5-18)30-11-10-27-8-2-1-3-9-27;1-2/h4-7,12-17H,1-3,8-11H2;2H2,1H3. The highest BCUT2D eigenvalue weighted by atomic mass is 32.1. The third-order valence-corrected chi connectivity index (χ3v) is 6.57. The predicted molar refractivity (Wildman–Crippen MR) is 133 cm³/mol. The van der Waals surface area contributed by atoms with Gasteiger partial charge in [0.05, 0.1) is 11.1 Å². The number of hydrogen-bond acceptors (Lipinski definition) is 7. The molecule has 1 aromatic carbocycles. The highest BCUT2D eigenvalue weighted by molar-refractivity contribution is 7.12. The van der Waals surface area contributed by atoms with Gasteiger partial charge in [0.25, 0.3) is 0 Å². The van der Waals surface area contributed by atoms with E-state index < -0.39 is 0 Å². The van der Waals surface area contributed by atoms with Crippen LogP contribution in [0.4, 0.5) is 0 Å². The first-order chi connectivity index (χ1) is 16.3. The van der Waals surface area contributed by atoms with E-state index in [2.05, 4.69) is 32.8 Å². The second-order valence-electron chi connectivity index (χ2n) is 7.80. The summed E-state index contributed by atoms with van der Waals surface area (Å²) in [4.78, 5) is 18.8. The molecule has 0 amide bonds. The molecule has 0 aliphatic carbocycles. The fraction of sp³-hybridized carbons (Fsp3) is 0.320. The van der Waals surface area contributed by atoms with E-state index in [9.17, 15) is 4.79 Å². The van der Waals surface area contributed by atoms with E-state index in [1.807, 2.05) is 36.0 Å². The van der Waals surface area contributed by atoms with Gasteiger partial charge in [-0.05, 0) is 67.7 Å². The van der Waals surface area contributed by atoms with E-state index in [1.165, 1.54) is 50.7 Å². The van der Waals surface area contributed by atoms with E-state index in [-0.39, 0.29) is 0 Å². The molecule has 1 fully saturated rings. The Hall–Kier alpha value is -3.07. The van der Waals surface area contributed by atoms with E-state index in [4.69, 9.17) is 4.74 Å². The lowest BCUT2D eigenvalue weighted by Gasteiger charge is -2.26. The smallest absolute Gasteiger partial charge is 0.162 e. The number of aldehydes is 1. The van der Waals surface area contributed by atoms with Crippen molar-refractivity contribution in [2.45, 2.75) is 19.3 Å². The summed E-state index contributed by atoms with van der Waals surface area (Å²) >= 11 is 1.42. The van der Waals surface area contributed by atoms with Crippen molar-refractivity contribution in [3.8, 4) is 28.0 Å². The van der Waals surface area contributed by atoms with Crippen molar-refractivity contribution in [1.29, 1.82) is 0 Å². The van der Waals surface area contributed by atoms with Crippen LogP contribution >= 0.6 is 11.3 Å². The van der Waals surface area contributed by atoms with Gasteiger partial charge < -0.3 is 10.5 Å². The summed E-state index contributed by atoms with van der Waals surface area (Å²) in [7, 11) is 1.50. The van der Waals surface area contributed by atoms with Crippen molar-refractivity contribution in [3.05, 3.63) is 59.2 Å². The van der Waals surface area contributed by atoms with Crippen LogP contribution in [0.5, 0.6) is 5.75 Å². The van der Waals surface area contributed by atoms with Gasteiger partial charge in [-0.25, -0.2) is 9.50 Å². The summed E-state index contributed by atoms with van der Waals surface area (Å²) in [5.74, 6) is 0.889. The van der Waals surface area contributed by atoms with Crippen LogP contribution in [-0.2, 0) is 0 Å². The van der Waals surface area contributed by atoms with E-state index in [0.29, 0.717) is 4.88 Å². The Morgan fingerprint density at radius 1 is 1.06 bits per heavy atom. The Kier molecular flexibility index (Phi) is 7.83. The zero-order valence-corrected chi connectivity index (χ0v) is 19.6. The molecular weight excluding hydrogens is 434 g/mol. The third kappa shape index (κ3) is 5.47. The zero-order valence-electron chi connectivity index (χ0n) is 18.8. The van der Waals surface area contributed by atoms with Gasteiger partial charge >= 0.3 is 0 Å². The number of carbonyl (C=O) groups excluding carboxylic acids is 1. The van der Waals surface area contributed by atoms with Gasteiger partial charge in [0, 0.05) is 30.1 Å². The number of piperidine rings is 1. The van der Waals surface area contributed by atoms with Crippen molar-refractivity contribution in [2.75, 3.05) is 33.3 Å². The Morgan fingerprint density at radius 3 is 2.58 bits per heavy atom. The first-order valence-electron chi connectivity index (χ1n) is 11.2. The van der Waals surface area contributed by atoms with Crippen molar-refractivity contribution in [2.24, 2.45) is 5.73 Å². The van der Waals surface area contributed by atoms with Crippen LogP contribution in [0, 0.1) is 0 Å². The summed E-state index contributed by atoms with van der Waals surface area (Å²) in [6.45, 7) is 4.09. The van der Waals surface area contributed by atoms with Gasteiger partial charge in [-0.15, -0.1) is 11.3 Å². The number of aromatic nitrogens is 3. The molecule has 8 heteroatoms. The number of hydrogen-bond donors (Lipinski definition) is 1. The van der Waals surface area contributed by atoms with Crippen LogP contribution < -0.4 is 10.5 Å². The van der Waals surface area contributed by atoms with Gasteiger partial charge in [0.2, 0.25) is 0 Å². The quantitative estimate of drug-likeness (QED) is 0.410. The number of carbonyl (C=O) groups is 1. The highest BCUT2D eigenvalue weighted by Gasteiger charge is 2.12. The fourth-order valence-electron chi connectivity index (χ4n) is 4.00. The average molecular weight is 464 g/mol. The molecule has 0 spiro atoms. The molecule has 0 atom stereocenters. The normalized spacial score (nSPS) is 14.0. The van der Waals surface area contributed by atoms with E-state index >= 15 is 0 Å². The van der Waals surface area contributed by atoms with Crippen LogP contribution in [0.1, 0.15) is 28.9 Å². The lowest BCUT2D eigenvalue weighted by atomic mass is 10.1. The molecule has 3 aromatic heterocycles. The summed E-state index contributed by atoms with van der Waals surface area (Å²) < 4.78 is 7.72. The second kappa shape index (κ2) is 11.2. The minimum Gasteiger partial charge on any atom is -0.492 e. The molecule has 1 saturated heterocycles. The molecule has 0 bridgehead atoms. The molecule has 172 valence electrons. The number of ether oxygens (including phenoxy) is 1. The molecule has 0 unspecified atom stereocenters. The number of fused-ring (bicyclic) bond motifs is 1.